The van der Waals surface area contributed by atoms with Gasteiger partial charge in [0.1, 0.15) is 16.8 Å². The van der Waals surface area contributed by atoms with Crippen LogP contribution in [-0.2, 0) is 9.59 Å². The fourth-order valence-corrected chi connectivity index (χ4v) is 4.31. The Bertz CT molecular complexity index is 1140. The van der Waals surface area contributed by atoms with Crippen LogP contribution in [0.5, 0.6) is 5.75 Å². The van der Waals surface area contributed by atoms with Crippen LogP contribution in [-0.4, -0.2) is 29.2 Å². The summed E-state index contributed by atoms with van der Waals surface area (Å²) in [5.41, 5.74) is 2.46. The average molecular weight is 415 g/mol. The monoisotopic (exact) mass is 415 g/mol. The van der Waals surface area contributed by atoms with Gasteiger partial charge in [0.2, 0.25) is 11.8 Å². The Labute approximate surface area is 178 Å². The van der Waals surface area contributed by atoms with E-state index in [0.29, 0.717) is 22.0 Å². The Balaban J connectivity index is 1.61. The molecule has 1 saturated heterocycles. The van der Waals surface area contributed by atoms with Gasteiger partial charge in [0.25, 0.3) is 0 Å². The van der Waals surface area contributed by atoms with Gasteiger partial charge in [-0.2, -0.15) is 5.26 Å². The molecule has 0 spiro atoms. The normalized spacial score (nSPS) is 15.9. The number of rotatable bonds is 5. The van der Waals surface area contributed by atoms with E-state index >= 15 is 0 Å². The first-order chi connectivity index (χ1) is 14.6. The number of anilines is 1. The standard InChI is InChI=1S/C23H17N3O3S/c1-29-18-10-7-15(8-11-18)19-12-9-16(14-24)22(25-19)30-20-13-21(27)26(23(20)28)17-5-3-2-4-6-17/h2-12,20H,13H2,1H3/t20-/m0/s1. The molecule has 3 aromatic rings. The van der Waals surface area contributed by atoms with E-state index in [-0.39, 0.29) is 18.2 Å². The molecule has 4 rings (SSSR count). The van der Waals surface area contributed by atoms with Crippen LogP contribution < -0.4 is 9.64 Å². The van der Waals surface area contributed by atoms with Crippen molar-refractivity contribution in [3.63, 3.8) is 0 Å². The van der Waals surface area contributed by atoms with Gasteiger partial charge < -0.3 is 4.74 Å². The van der Waals surface area contributed by atoms with E-state index in [1.54, 1.807) is 43.5 Å². The van der Waals surface area contributed by atoms with E-state index in [2.05, 4.69) is 11.1 Å². The van der Waals surface area contributed by atoms with Crippen molar-refractivity contribution in [1.82, 2.24) is 4.98 Å². The highest BCUT2D eigenvalue weighted by Crippen LogP contribution is 2.35. The summed E-state index contributed by atoms with van der Waals surface area (Å²) in [7, 11) is 1.60. The van der Waals surface area contributed by atoms with Gasteiger partial charge in [-0.1, -0.05) is 30.0 Å². The predicted molar refractivity (Wildman–Crippen MR) is 114 cm³/mol. The van der Waals surface area contributed by atoms with Crippen LogP contribution in [0.3, 0.4) is 0 Å². The lowest BCUT2D eigenvalue weighted by molar-refractivity contribution is -0.121. The fraction of sp³-hybridized carbons (Fsp3) is 0.130. The predicted octanol–water partition coefficient (Wildman–Crippen LogP) is 4.05. The smallest absolute Gasteiger partial charge is 0.247 e. The second kappa shape index (κ2) is 8.39. The number of nitriles is 1. The summed E-state index contributed by atoms with van der Waals surface area (Å²) >= 11 is 1.16. The number of ether oxygens (including phenoxy) is 1. The van der Waals surface area contributed by atoms with Crippen LogP contribution in [0.4, 0.5) is 5.69 Å². The SMILES string of the molecule is COc1ccc(-c2ccc(C#N)c(S[C@H]3CC(=O)N(c4ccccc4)C3=O)n2)cc1. The number of carbonyl (C=O) groups excluding carboxylic acids is 2. The highest BCUT2D eigenvalue weighted by atomic mass is 32.2. The van der Waals surface area contributed by atoms with Crippen molar-refractivity contribution in [2.24, 2.45) is 0 Å². The number of pyridine rings is 1. The number of nitrogens with zero attached hydrogens (tertiary/aromatic N) is 3. The number of carbonyl (C=O) groups is 2. The minimum Gasteiger partial charge on any atom is -0.497 e. The maximum absolute atomic E-state index is 12.9. The van der Waals surface area contributed by atoms with Gasteiger partial charge in [0, 0.05) is 12.0 Å². The summed E-state index contributed by atoms with van der Waals surface area (Å²) in [5, 5.41) is 9.30. The number of imide groups is 1. The molecule has 2 heterocycles. The van der Waals surface area contributed by atoms with Gasteiger partial charge >= 0.3 is 0 Å². The molecule has 6 nitrogen and oxygen atoms in total. The second-order valence-electron chi connectivity index (χ2n) is 6.60. The molecule has 30 heavy (non-hydrogen) atoms. The lowest BCUT2D eigenvalue weighted by Crippen LogP contribution is -2.31. The summed E-state index contributed by atoms with van der Waals surface area (Å²) in [6.07, 6.45) is 0.0672. The van der Waals surface area contributed by atoms with Gasteiger partial charge in [-0.05, 0) is 48.5 Å². The van der Waals surface area contributed by atoms with Crippen LogP contribution in [0.15, 0.2) is 71.8 Å². The number of hydrogen-bond acceptors (Lipinski definition) is 6. The number of amides is 2. The zero-order valence-corrected chi connectivity index (χ0v) is 16.9. The third-order valence-corrected chi connectivity index (χ3v) is 5.93. The molecule has 1 fully saturated rings. The van der Waals surface area contributed by atoms with Gasteiger partial charge in [0.05, 0.1) is 29.3 Å². The van der Waals surface area contributed by atoms with Crippen LogP contribution in [0.2, 0.25) is 0 Å². The fourth-order valence-electron chi connectivity index (χ4n) is 3.22. The Hall–Kier alpha value is -3.63. The Morgan fingerprint density at radius 3 is 2.47 bits per heavy atom. The molecule has 148 valence electrons. The summed E-state index contributed by atoms with van der Waals surface area (Å²) in [5.74, 6) is 0.184. The minimum absolute atomic E-state index is 0.0672. The molecule has 0 bridgehead atoms. The van der Waals surface area contributed by atoms with Gasteiger partial charge in [-0.15, -0.1) is 0 Å². The van der Waals surface area contributed by atoms with E-state index in [1.165, 1.54) is 4.90 Å². The number of para-hydroxylation sites is 1. The van der Waals surface area contributed by atoms with E-state index in [0.717, 1.165) is 23.1 Å². The zero-order valence-electron chi connectivity index (χ0n) is 16.1. The largest absolute Gasteiger partial charge is 0.497 e. The van der Waals surface area contributed by atoms with E-state index in [1.807, 2.05) is 30.3 Å². The number of benzene rings is 2. The Morgan fingerprint density at radius 1 is 1.07 bits per heavy atom. The van der Waals surface area contributed by atoms with Gasteiger partial charge in [0.15, 0.2) is 0 Å². The van der Waals surface area contributed by atoms with E-state index in [4.69, 9.17) is 4.74 Å². The number of hydrogen-bond donors (Lipinski definition) is 0. The highest BCUT2D eigenvalue weighted by molar-refractivity contribution is 8.00. The third-order valence-electron chi connectivity index (χ3n) is 4.74. The molecule has 1 aliphatic rings. The van der Waals surface area contributed by atoms with Gasteiger partial charge in [-0.25, -0.2) is 9.88 Å². The Morgan fingerprint density at radius 2 is 1.80 bits per heavy atom. The van der Waals surface area contributed by atoms with Gasteiger partial charge in [-0.3, -0.25) is 9.59 Å². The maximum atomic E-state index is 12.9. The third kappa shape index (κ3) is 3.78. The number of aromatic nitrogens is 1. The van der Waals surface area contributed by atoms with Crippen LogP contribution >= 0.6 is 11.8 Å². The molecule has 1 aromatic heterocycles. The quantitative estimate of drug-likeness (QED) is 0.585. The van der Waals surface area contributed by atoms with Crippen LogP contribution in [0, 0.1) is 11.3 Å². The summed E-state index contributed by atoms with van der Waals surface area (Å²) < 4.78 is 5.18. The topological polar surface area (TPSA) is 83.3 Å². The number of methoxy groups -OCH3 is 1. The first kappa shape index (κ1) is 19.7. The molecule has 2 aromatic carbocycles. The van der Waals surface area contributed by atoms with Crippen molar-refractivity contribution >= 4 is 29.3 Å². The van der Waals surface area contributed by atoms with Crippen molar-refractivity contribution in [3.8, 4) is 23.1 Å². The highest BCUT2D eigenvalue weighted by Gasteiger charge is 2.40. The molecule has 0 unspecified atom stereocenters. The first-order valence-electron chi connectivity index (χ1n) is 9.25. The van der Waals surface area contributed by atoms with E-state index in [9.17, 15) is 14.9 Å². The average Bonchev–Trinajstić information content (AvgIpc) is 3.07. The van der Waals surface area contributed by atoms with Crippen LogP contribution in [0.1, 0.15) is 12.0 Å². The van der Waals surface area contributed by atoms with Crippen molar-refractivity contribution in [3.05, 3.63) is 72.3 Å². The van der Waals surface area contributed by atoms with E-state index < -0.39 is 5.25 Å². The number of thioether (sulfide) groups is 1. The molecule has 2 amide bonds. The molecular weight excluding hydrogens is 398 g/mol. The summed E-state index contributed by atoms with van der Waals surface area (Å²) in [6.45, 7) is 0. The molecular formula is C23H17N3O3S. The zero-order chi connectivity index (χ0) is 21.1. The molecule has 0 saturated carbocycles. The van der Waals surface area contributed by atoms with Crippen molar-refractivity contribution in [2.75, 3.05) is 12.0 Å². The Kier molecular flexibility index (Phi) is 5.50. The minimum atomic E-state index is -0.622. The van der Waals surface area contributed by atoms with Crippen molar-refractivity contribution in [2.45, 2.75) is 16.7 Å². The molecule has 0 N–H and O–H groups in total. The lowest BCUT2D eigenvalue weighted by Gasteiger charge is -2.15. The van der Waals surface area contributed by atoms with Crippen molar-refractivity contribution in [1.29, 1.82) is 5.26 Å². The molecule has 1 aliphatic heterocycles. The maximum Gasteiger partial charge on any atom is 0.247 e. The summed E-state index contributed by atoms with van der Waals surface area (Å²) in [6, 6.07) is 21.8. The lowest BCUT2D eigenvalue weighted by atomic mass is 10.1. The first-order valence-corrected chi connectivity index (χ1v) is 10.1. The second-order valence-corrected chi connectivity index (χ2v) is 7.79. The summed E-state index contributed by atoms with van der Waals surface area (Å²) in [4.78, 5) is 31.2. The van der Waals surface area contributed by atoms with Crippen molar-refractivity contribution < 1.29 is 14.3 Å². The van der Waals surface area contributed by atoms with Crippen LogP contribution in [0.25, 0.3) is 11.3 Å². The molecule has 0 aliphatic carbocycles. The molecule has 0 radical (unpaired) electrons. The molecule has 7 heteroatoms. The molecule has 1 atom stereocenters.